The molecule has 1 saturated heterocycles. The zero-order chi connectivity index (χ0) is 23.8. The van der Waals surface area contributed by atoms with Crippen LogP contribution < -0.4 is 14.2 Å². The Morgan fingerprint density at radius 3 is 2.33 bits per heavy atom. The fourth-order valence-corrected chi connectivity index (χ4v) is 4.51. The molecule has 1 aromatic heterocycles. The van der Waals surface area contributed by atoms with Crippen molar-refractivity contribution in [1.82, 2.24) is 9.88 Å². The zero-order valence-corrected chi connectivity index (χ0v) is 20.0. The summed E-state index contributed by atoms with van der Waals surface area (Å²) in [5, 5.41) is 0.815. The second-order valence-corrected chi connectivity index (χ2v) is 8.86. The molecule has 2 aromatic carbocycles. The Morgan fingerprint density at radius 2 is 1.73 bits per heavy atom. The Kier molecular flexibility index (Phi) is 6.17. The molecule has 1 unspecified atom stereocenters. The molecule has 1 atom stereocenters. The summed E-state index contributed by atoms with van der Waals surface area (Å²) in [6.07, 6.45) is -0.0413. The van der Waals surface area contributed by atoms with E-state index in [2.05, 4.69) is 0 Å². The number of nitrogens with zero attached hydrogens (tertiary/aromatic N) is 2. The average molecular weight is 451 g/mol. The lowest BCUT2D eigenvalue weighted by Gasteiger charge is -2.41. The molecule has 3 aromatic rings. The third kappa shape index (κ3) is 4.46. The lowest BCUT2D eigenvalue weighted by atomic mass is 10.0. The number of para-hydroxylation sites is 1. The lowest BCUT2D eigenvalue weighted by Crippen LogP contribution is -2.53. The molecule has 4 rings (SSSR count). The van der Waals surface area contributed by atoms with E-state index in [-0.39, 0.29) is 12.0 Å². The Morgan fingerprint density at radius 1 is 1.06 bits per heavy atom. The van der Waals surface area contributed by atoms with Crippen molar-refractivity contribution in [2.75, 3.05) is 34.4 Å². The van der Waals surface area contributed by atoms with Crippen LogP contribution >= 0.6 is 0 Å². The molecule has 0 bridgehead atoms. The molecule has 1 amide bonds. The monoisotopic (exact) mass is 450 g/mol. The highest BCUT2D eigenvalue weighted by molar-refractivity contribution is 6.07. The van der Waals surface area contributed by atoms with Gasteiger partial charge in [-0.1, -0.05) is 18.2 Å². The summed E-state index contributed by atoms with van der Waals surface area (Å²) in [5.74, 6) is 1.52. The van der Waals surface area contributed by atoms with Crippen LogP contribution in [0.15, 0.2) is 42.5 Å². The normalized spacial score (nSPS) is 17.6. The molecule has 33 heavy (non-hydrogen) atoms. The van der Waals surface area contributed by atoms with Gasteiger partial charge in [0.2, 0.25) is 5.75 Å². The van der Waals surface area contributed by atoms with E-state index >= 15 is 0 Å². The number of hydrogen-bond acceptors (Lipinski definition) is 6. The van der Waals surface area contributed by atoms with Gasteiger partial charge < -0.3 is 23.8 Å². The van der Waals surface area contributed by atoms with Crippen molar-refractivity contribution in [1.29, 1.82) is 0 Å². The van der Waals surface area contributed by atoms with Gasteiger partial charge in [0.25, 0.3) is 5.91 Å². The van der Waals surface area contributed by atoms with Gasteiger partial charge in [0.1, 0.15) is 0 Å². The van der Waals surface area contributed by atoms with Crippen LogP contribution in [0.2, 0.25) is 0 Å². The molecule has 174 valence electrons. The Bertz CT molecular complexity index is 1170. The van der Waals surface area contributed by atoms with Crippen molar-refractivity contribution in [2.45, 2.75) is 32.5 Å². The summed E-state index contributed by atoms with van der Waals surface area (Å²) in [5.41, 5.74) is 2.36. The molecular weight excluding hydrogens is 420 g/mol. The van der Waals surface area contributed by atoms with E-state index in [0.29, 0.717) is 41.6 Å². The maximum Gasteiger partial charge on any atom is 0.254 e. The van der Waals surface area contributed by atoms with Crippen molar-refractivity contribution >= 4 is 16.8 Å². The van der Waals surface area contributed by atoms with Crippen molar-refractivity contribution in [3.05, 3.63) is 48.0 Å². The molecule has 1 aliphatic rings. The number of aromatic nitrogens is 1. The van der Waals surface area contributed by atoms with E-state index in [1.54, 1.807) is 21.3 Å². The number of amides is 1. The largest absolute Gasteiger partial charge is 0.493 e. The zero-order valence-electron chi connectivity index (χ0n) is 20.0. The van der Waals surface area contributed by atoms with Gasteiger partial charge in [-0.25, -0.2) is 4.98 Å². The van der Waals surface area contributed by atoms with E-state index in [1.807, 2.05) is 68.1 Å². The van der Waals surface area contributed by atoms with E-state index < -0.39 is 5.60 Å². The smallest absolute Gasteiger partial charge is 0.254 e. The lowest BCUT2D eigenvalue weighted by molar-refractivity contribution is -0.118. The van der Waals surface area contributed by atoms with E-state index in [0.717, 1.165) is 16.5 Å². The van der Waals surface area contributed by atoms with E-state index in [1.165, 1.54) is 0 Å². The topological polar surface area (TPSA) is 70.1 Å². The number of rotatable bonds is 5. The Balaban J connectivity index is 1.86. The highest BCUT2D eigenvalue weighted by atomic mass is 16.5. The molecule has 0 radical (unpaired) electrons. The fourth-order valence-electron chi connectivity index (χ4n) is 4.51. The summed E-state index contributed by atoms with van der Waals surface area (Å²) < 4.78 is 22.5. The predicted molar refractivity (Wildman–Crippen MR) is 127 cm³/mol. The third-order valence-electron chi connectivity index (χ3n) is 5.76. The maximum atomic E-state index is 13.8. The van der Waals surface area contributed by atoms with Crippen LogP contribution in [-0.2, 0) is 4.74 Å². The minimum absolute atomic E-state index is 0.0366. The molecule has 0 N–H and O–H groups in total. The van der Waals surface area contributed by atoms with Gasteiger partial charge in [-0.2, -0.15) is 0 Å². The van der Waals surface area contributed by atoms with Gasteiger partial charge in [-0.05, 0) is 45.0 Å². The van der Waals surface area contributed by atoms with Crippen LogP contribution in [0, 0.1) is 0 Å². The second kappa shape index (κ2) is 8.90. The highest BCUT2D eigenvalue weighted by Gasteiger charge is 2.34. The first-order valence-electron chi connectivity index (χ1n) is 10.9. The van der Waals surface area contributed by atoms with Crippen molar-refractivity contribution in [3.63, 3.8) is 0 Å². The predicted octanol–water partition coefficient (Wildman–Crippen LogP) is 4.57. The molecule has 7 heteroatoms. The number of pyridine rings is 1. The van der Waals surface area contributed by atoms with E-state index in [9.17, 15) is 4.79 Å². The molecule has 1 fully saturated rings. The molecule has 0 aliphatic carbocycles. The van der Waals surface area contributed by atoms with Crippen LogP contribution in [0.25, 0.3) is 22.2 Å². The minimum atomic E-state index is -0.407. The Labute approximate surface area is 194 Å². The maximum absolute atomic E-state index is 13.8. The molecule has 2 heterocycles. The van der Waals surface area contributed by atoms with Crippen molar-refractivity contribution in [2.24, 2.45) is 0 Å². The van der Waals surface area contributed by atoms with Crippen LogP contribution in [0.1, 0.15) is 31.1 Å². The molecule has 0 saturated carbocycles. The minimum Gasteiger partial charge on any atom is -0.493 e. The quantitative estimate of drug-likeness (QED) is 0.567. The average Bonchev–Trinajstić information content (AvgIpc) is 2.80. The molecule has 0 spiro atoms. The summed E-state index contributed by atoms with van der Waals surface area (Å²) in [6.45, 7) is 7.07. The van der Waals surface area contributed by atoms with Crippen molar-refractivity contribution < 1.29 is 23.7 Å². The van der Waals surface area contributed by atoms with Gasteiger partial charge in [0.05, 0.1) is 49.8 Å². The number of carbonyl (C=O) groups excluding carboxylic acids is 1. The number of hydrogen-bond donors (Lipinski definition) is 0. The standard InChI is InChI=1S/C26H30N2O5/c1-16-14-28(15-26(2,3)33-16)25(29)19-13-21(27-20-10-8-7-9-18(19)20)17-11-22(30-4)24(32-6)23(12-17)31-5/h7-13,16H,14-15H2,1-6H3. The number of benzene rings is 2. The third-order valence-corrected chi connectivity index (χ3v) is 5.76. The number of fused-ring (bicyclic) bond motifs is 1. The number of carbonyl (C=O) groups is 1. The highest BCUT2D eigenvalue weighted by Crippen LogP contribution is 2.41. The van der Waals surface area contributed by atoms with Gasteiger partial charge in [-0.15, -0.1) is 0 Å². The van der Waals surface area contributed by atoms with Crippen LogP contribution in [0.3, 0.4) is 0 Å². The molecule has 1 aliphatic heterocycles. The van der Waals surface area contributed by atoms with Gasteiger partial charge in [0, 0.05) is 24.0 Å². The van der Waals surface area contributed by atoms with Crippen LogP contribution in [0.4, 0.5) is 0 Å². The van der Waals surface area contributed by atoms with Crippen LogP contribution in [-0.4, -0.2) is 61.9 Å². The van der Waals surface area contributed by atoms with Gasteiger partial charge >= 0.3 is 0 Å². The summed E-state index contributed by atoms with van der Waals surface area (Å²) >= 11 is 0. The number of ether oxygens (including phenoxy) is 4. The van der Waals surface area contributed by atoms with E-state index in [4.69, 9.17) is 23.9 Å². The summed E-state index contributed by atoms with van der Waals surface area (Å²) in [7, 11) is 4.71. The molecular formula is C26H30N2O5. The fraction of sp³-hybridized carbons (Fsp3) is 0.385. The number of morpholine rings is 1. The first kappa shape index (κ1) is 22.9. The SMILES string of the molecule is COc1cc(-c2cc(C(=O)N3CC(C)OC(C)(C)C3)c3ccccc3n2)cc(OC)c1OC. The first-order chi connectivity index (χ1) is 15.8. The summed E-state index contributed by atoms with van der Waals surface area (Å²) in [6, 6.07) is 13.2. The first-order valence-corrected chi connectivity index (χ1v) is 10.9. The number of methoxy groups -OCH3 is 3. The van der Waals surface area contributed by atoms with Crippen molar-refractivity contribution in [3.8, 4) is 28.5 Å². The van der Waals surface area contributed by atoms with Gasteiger partial charge in [0.15, 0.2) is 11.5 Å². The second-order valence-electron chi connectivity index (χ2n) is 8.86. The summed E-state index contributed by atoms with van der Waals surface area (Å²) in [4.78, 5) is 20.5. The Hall–Kier alpha value is -3.32. The van der Waals surface area contributed by atoms with Gasteiger partial charge in [-0.3, -0.25) is 4.79 Å². The molecule has 7 nitrogen and oxygen atoms in total. The van der Waals surface area contributed by atoms with Crippen LogP contribution in [0.5, 0.6) is 17.2 Å².